The maximum Gasteiger partial charge on any atom is 0.206 e. The first-order valence-corrected chi connectivity index (χ1v) is 10.0. The molecule has 25 heavy (non-hydrogen) atoms. The van der Waals surface area contributed by atoms with E-state index in [0.717, 1.165) is 40.1 Å². The molecular formula is C17H24N4O2S2. The largest absolute Gasteiger partial charge is 0.360 e. The average Bonchev–Trinajstić information content (AvgIpc) is 3.10. The summed E-state index contributed by atoms with van der Waals surface area (Å²) in [7, 11) is 0. The molecule has 0 saturated carbocycles. The van der Waals surface area contributed by atoms with E-state index >= 15 is 0 Å². The summed E-state index contributed by atoms with van der Waals surface area (Å²) >= 11 is 2.84. The first kappa shape index (κ1) is 19.7. The SMILES string of the molecule is CCCCNc1nnc(S[C@@H](C)C(=O)c2[nH]c(C)c(C(C)=O)c2C)s1. The zero-order valence-electron chi connectivity index (χ0n) is 15.2. The lowest BCUT2D eigenvalue weighted by Crippen LogP contribution is -2.15. The Kier molecular flexibility index (Phi) is 6.78. The number of thioether (sulfide) groups is 1. The second-order valence-corrected chi connectivity index (χ2v) is 8.52. The van der Waals surface area contributed by atoms with Crippen molar-refractivity contribution in [2.45, 2.75) is 57.0 Å². The first-order chi connectivity index (χ1) is 11.8. The highest BCUT2D eigenvalue weighted by Crippen LogP contribution is 2.31. The number of hydrogen-bond acceptors (Lipinski definition) is 7. The monoisotopic (exact) mass is 380 g/mol. The van der Waals surface area contributed by atoms with E-state index in [2.05, 4.69) is 27.4 Å². The van der Waals surface area contributed by atoms with E-state index in [1.165, 1.54) is 30.0 Å². The molecule has 2 aromatic heterocycles. The number of carbonyl (C=O) groups is 2. The molecule has 136 valence electrons. The summed E-state index contributed by atoms with van der Waals surface area (Å²) < 4.78 is 0.757. The molecule has 6 nitrogen and oxygen atoms in total. The standard InChI is InChI=1S/C17H24N4O2S2/c1-6-7-8-18-16-20-21-17(25-16)24-12(5)15(23)14-9(2)13(11(4)22)10(3)19-14/h12,19H,6-8H2,1-5H3,(H,18,20)/t12-/m0/s1. The fourth-order valence-corrected chi connectivity index (χ4v) is 4.61. The number of nitrogens with zero attached hydrogens (tertiary/aromatic N) is 2. The molecule has 0 fully saturated rings. The molecule has 0 saturated heterocycles. The summed E-state index contributed by atoms with van der Waals surface area (Å²) in [5.41, 5.74) is 2.58. The van der Waals surface area contributed by atoms with Crippen LogP contribution in [0.15, 0.2) is 4.34 Å². The van der Waals surface area contributed by atoms with Crippen LogP contribution in [0.4, 0.5) is 5.13 Å². The van der Waals surface area contributed by atoms with Crippen molar-refractivity contribution in [2.75, 3.05) is 11.9 Å². The predicted octanol–water partition coefficient (Wildman–Crippen LogP) is 4.26. The van der Waals surface area contributed by atoms with Crippen molar-refractivity contribution in [3.05, 3.63) is 22.5 Å². The molecule has 0 aliphatic rings. The number of ketones is 2. The molecule has 2 rings (SSSR count). The second-order valence-electron chi connectivity index (χ2n) is 5.96. The maximum atomic E-state index is 12.8. The molecule has 0 radical (unpaired) electrons. The lowest BCUT2D eigenvalue weighted by Gasteiger charge is -2.07. The normalized spacial score (nSPS) is 12.2. The summed E-state index contributed by atoms with van der Waals surface area (Å²) in [6.45, 7) is 10.0. The zero-order chi connectivity index (χ0) is 18.6. The smallest absolute Gasteiger partial charge is 0.206 e. The van der Waals surface area contributed by atoms with E-state index in [1.807, 2.05) is 20.8 Å². The van der Waals surface area contributed by atoms with Crippen LogP contribution in [-0.4, -0.2) is 38.5 Å². The lowest BCUT2D eigenvalue weighted by atomic mass is 10.0. The Morgan fingerprint density at radius 2 is 2.04 bits per heavy atom. The summed E-state index contributed by atoms with van der Waals surface area (Å²) in [6, 6.07) is 0. The van der Waals surface area contributed by atoms with Crippen molar-refractivity contribution < 1.29 is 9.59 Å². The Morgan fingerprint density at radius 1 is 1.32 bits per heavy atom. The number of aromatic nitrogens is 3. The molecule has 0 spiro atoms. The number of anilines is 1. The molecule has 0 unspecified atom stereocenters. The highest BCUT2D eigenvalue weighted by Gasteiger charge is 2.25. The maximum absolute atomic E-state index is 12.8. The van der Waals surface area contributed by atoms with Gasteiger partial charge in [0.25, 0.3) is 0 Å². The van der Waals surface area contributed by atoms with Gasteiger partial charge in [-0.2, -0.15) is 0 Å². The Hall–Kier alpha value is -1.67. The van der Waals surface area contributed by atoms with Gasteiger partial charge in [-0.15, -0.1) is 10.2 Å². The zero-order valence-corrected chi connectivity index (χ0v) is 16.9. The van der Waals surface area contributed by atoms with Crippen LogP contribution < -0.4 is 5.32 Å². The molecular weight excluding hydrogens is 356 g/mol. The van der Waals surface area contributed by atoms with E-state index in [4.69, 9.17) is 0 Å². The molecule has 0 aromatic carbocycles. The van der Waals surface area contributed by atoms with Crippen LogP contribution in [0.2, 0.25) is 0 Å². The first-order valence-electron chi connectivity index (χ1n) is 8.33. The summed E-state index contributed by atoms with van der Waals surface area (Å²) in [4.78, 5) is 27.6. The summed E-state index contributed by atoms with van der Waals surface area (Å²) in [6.07, 6.45) is 2.21. The molecule has 0 bridgehead atoms. The van der Waals surface area contributed by atoms with Crippen molar-refractivity contribution in [3.63, 3.8) is 0 Å². The molecule has 2 aromatic rings. The van der Waals surface area contributed by atoms with Crippen LogP contribution in [0.3, 0.4) is 0 Å². The summed E-state index contributed by atoms with van der Waals surface area (Å²) in [5.74, 6) is -0.0636. The Balaban J connectivity index is 2.06. The number of Topliss-reactive ketones (excluding diaryl/α,β-unsaturated/α-hetero) is 2. The van der Waals surface area contributed by atoms with Crippen molar-refractivity contribution in [1.29, 1.82) is 0 Å². The molecule has 8 heteroatoms. The molecule has 0 amide bonds. The van der Waals surface area contributed by atoms with Crippen LogP contribution in [-0.2, 0) is 0 Å². The quantitative estimate of drug-likeness (QED) is 0.384. The number of aryl methyl sites for hydroxylation is 1. The van der Waals surface area contributed by atoms with Gasteiger partial charge in [0, 0.05) is 17.8 Å². The third-order valence-electron chi connectivity index (χ3n) is 3.90. The third-order valence-corrected chi connectivity index (χ3v) is 5.96. The van der Waals surface area contributed by atoms with Crippen molar-refractivity contribution in [3.8, 4) is 0 Å². The minimum Gasteiger partial charge on any atom is -0.360 e. The van der Waals surface area contributed by atoms with Crippen molar-refractivity contribution in [2.24, 2.45) is 0 Å². The van der Waals surface area contributed by atoms with Crippen LogP contribution in [0.1, 0.15) is 65.7 Å². The van der Waals surface area contributed by atoms with Gasteiger partial charge >= 0.3 is 0 Å². The second kappa shape index (κ2) is 8.62. The molecule has 1 atom stereocenters. The average molecular weight is 381 g/mol. The Labute approximate surface area is 156 Å². The highest BCUT2D eigenvalue weighted by molar-refractivity contribution is 8.02. The number of H-pyrrole nitrogens is 1. The van der Waals surface area contributed by atoms with E-state index in [9.17, 15) is 9.59 Å². The van der Waals surface area contributed by atoms with E-state index in [0.29, 0.717) is 11.3 Å². The molecule has 0 aliphatic carbocycles. The van der Waals surface area contributed by atoms with E-state index < -0.39 is 0 Å². The minimum atomic E-state index is -0.312. The van der Waals surface area contributed by atoms with Gasteiger partial charge in [0.2, 0.25) is 5.13 Å². The van der Waals surface area contributed by atoms with Crippen LogP contribution in [0, 0.1) is 13.8 Å². The van der Waals surface area contributed by atoms with Gasteiger partial charge in [-0.25, -0.2) is 0 Å². The number of carbonyl (C=O) groups excluding carboxylic acids is 2. The van der Waals surface area contributed by atoms with Crippen molar-refractivity contribution >= 4 is 39.8 Å². The van der Waals surface area contributed by atoms with Gasteiger partial charge in [0.1, 0.15) is 0 Å². The topological polar surface area (TPSA) is 87.7 Å². The van der Waals surface area contributed by atoms with Gasteiger partial charge in [-0.05, 0) is 39.7 Å². The van der Waals surface area contributed by atoms with Gasteiger partial charge in [-0.1, -0.05) is 36.4 Å². The molecule has 2 N–H and O–H groups in total. The highest BCUT2D eigenvalue weighted by atomic mass is 32.2. The number of aromatic amines is 1. The van der Waals surface area contributed by atoms with Crippen LogP contribution in [0.25, 0.3) is 0 Å². The Morgan fingerprint density at radius 3 is 2.64 bits per heavy atom. The van der Waals surface area contributed by atoms with Gasteiger partial charge < -0.3 is 10.3 Å². The molecule has 2 heterocycles. The van der Waals surface area contributed by atoms with E-state index in [-0.39, 0.29) is 16.8 Å². The lowest BCUT2D eigenvalue weighted by molar-refractivity contribution is 0.0988. The predicted molar refractivity (Wildman–Crippen MR) is 103 cm³/mol. The Bertz CT molecular complexity index is 767. The fraction of sp³-hybridized carbons (Fsp3) is 0.529. The molecule has 0 aliphatic heterocycles. The van der Waals surface area contributed by atoms with Crippen molar-refractivity contribution in [1.82, 2.24) is 15.2 Å². The minimum absolute atomic E-state index is 0.0301. The number of hydrogen-bond donors (Lipinski definition) is 2. The number of unbranched alkanes of at least 4 members (excludes halogenated alkanes) is 1. The van der Waals surface area contributed by atoms with E-state index in [1.54, 1.807) is 0 Å². The van der Waals surface area contributed by atoms with Crippen LogP contribution >= 0.6 is 23.1 Å². The fourth-order valence-electron chi connectivity index (χ4n) is 2.63. The van der Waals surface area contributed by atoms with Gasteiger partial charge in [-0.3, -0.25) is 9.59 Å². The van der Waals surface area contributed by atoms with Gasteiger partial charge in [0.15, 0.2) is 15.9 Å². The number of rotatable bonds is 9. The third kappa shape index (κ3) is 4.70. The van der Waals surface area contributed by atoms with Gasteiger partial charge in [0.05, 0.1) is 10.9 Å². The van der Waals surface area contributed by atoms with Crippen LogP contribution in [0.5, 0.6) is 0 Å². The number of nitrogens with one attached hydrogen (secondary N) is 2. The summed E-state index contributed by atoms with van der Waals surface area (Å²) in [5, 5.41) is 11.9.